The number of aromatic amines is 1. The zero-order valence-electron chi connectivity index (χ0n) is 10.7. The highest BCUT2D eigenvalue weighted by Crippen LogP contribution is 2.25. The van der Waals surface area contributed by atoms with Crippen molar-refractivity contribution in [3.8, 4) is 11.6 Å². The Balaban J connectivity index is 1.60. The first-order valence-corrected chi connectivity index (χ1v) is 6.53. The third-order valence-electron chi connectivity index (χ3n) is 3.53. The Morgan fingerprint density at radius 1 is 1.20 bits per heavy atom. The first-order valence-electron chi connectivity index (χ1n) is 6.53. The van der Waals surface area contributed by atoms with Crippen LogP contribution in [0.2, 0.25) is 0 Å². The normalized spacial score (nSPS) is 17.9. The molecule has 100 valence electrons. The summed E-state index contributed by atoms with van der Waals surface area (Å²) in [5, 5.41) is 7.39. The molecule has 6 nitrogen and oxygen atoms in total. The van der Waals surface area contributed by atoms with E-state index in [2.05, 4.69) is 49.7 Å². The maximum atomic E-state index is 5.36. The zero-order chi connectivity index (χ0) is 13.4. The topological polar surface area (TPSA) is 79.6 Å². The minimum Gasteiger partial charge on any atom is -0.342 e. The molecule has 1 aromatic carbocycles. The molecule has 0 bridgehead atoms. The zero-order valence-corrected chi connectivity index (χ0v) is 10.7. The molecule has 3 aromatic rings. The number of hydrogen-bond donors (Lipinski definition) is 2. The van der Waals surface area contributed by atoms with Crippen LogP contribution >= 0.6 is 0 Å². The number of hydrogen-bond acceptors (Lipinski definition) is 5. The molecule has 0 saturated heterocycles. The minimum absolute atomic E-state index is 0.0566. The largest absolute Gasteiger partial charge is 0.342 e. The van der Waals surface area contributed by atoms with Crippen LogP contribution in [0, 0.1) is 0 Å². The van der Waals surface area contributed by atoms with Gasteiger partial charge in [-0.05, 0) is 17.5 Å². The van der Waals surface area contributed by atoms with Crippen LogP contribution in [0.4, 0.5) is 0 Å². The van der Waals surface area contributed by atoms with Crippen LogP contribution in [0.5, 0.6) is 0 Å². The SMILES string of the molecule is c1ccc2c(c1)CN[C@H](c1nc(-c3ncc[nH]3)no1)C2. The van der Waals surface area contributed by atoms with Gasteiger partial charge in [-0.25, -0.2) is 4.98 Å². The molecule has 4 rings (SSSR count). The molecule has 1 aliphatic heterocycles. The molecule has 2 aromatic heterocycles. The fraction of sp³-hybridized carbons (Fsp3) is 0.214. The van der Waals surface area contributed by atoms with E-state index in [1.165, 1.54) is 11.1 Å². The summed E-state index contributed by atoms with van der Waals surface area (Å²) >= 11 is 0. The van der Waals surface area contributed by atoms with Crippen molar-refractivity contribution in [2.45, 2.75) is 19.0 Å². The van der Waals surface area contributed by atoms with E-state index in [0.29, 0.717) is 17.5 Å². The maximum Gasteiger partial charge on any atom is 0.244 e. The fourth-order valence-corrected chi connectivity index (χ4v) is 2.49. The summed E-state index contributed by atoms with van der Waals surface area (Å²) < 4.78 is 5.36. The molecule has 0 spiro atoms. The Hall–Kier alpha value is -2.47. The van der Waals surface area contributed by atoms with Crippen molar-refractivity contribution < 1.29 is 4.52 Å². The van der Waals surface area contributed by atoms with Gasteiger partial charge in [0.25, 0.3) is 0 Å². The van der Waals surface area contributed by atoms with Crippen molar-refractivity contribution >= 4 is 0 Å². The van der Waals surface area contributed by atoms with Gasteiger partial charge in [0.1, 0.15) is 0 Å². The Labute approximate surface area is 115 Å². The second-order valence-corrected chi connectivity index (χ2v) is 4.80. The average molecular weight is 267 g/mol. The predicted octanol–water partition coefficient (Wildman–Crippen LogP) is 1.85. The summed E-state index contributed by atoms with van der Waals surface area (Å²) in [4.78, 5) is 11.5. The number of nitrogens with zero attached hydrogens (tertiary/aromatic N) is 3. The lowest BCUT2D eigenvalue weighted by molar-refractivity contribution is 0.321. The van der Waals surface area contributed by atoms with Crippen molar-refractivity contribution in [1.82, 2.24) is 25.4 Å². The lowest BCUT2D eigenvalue weighted by Gasteiger charge is -2.23. The van der Waals surface area contributed by atoms with Gasteiger partial charge in [-0.2, -0.15) is 4.98 Å². The second-order valence-electron chi connectivity index (χ2n) is 4.80. The monoisotopic (exact) mass is 267 g/mol. The lowest BCUT2D eigenvalue weighted by atomic mass is 9.96. The van der Waals surface area contributed by atoms with Gasteiger partial charge >= 0.3 is 0 Å². The molecular weight excluding hydrogens is 254 g/mol. The molecule has 0 radical (unpaired) electrons. The van der Waals surface area contributed by atoms with Gasteiger partial charge in [0.2, 0.25) is 11.7 Å². The molecule has 1 atom stereocenters. The molecule has 6 heteroatoms. The third-order valence-corrected chi connectivity index (χ3v) is 3.53. The first kappa shape index (κ1) is 11.4. The van der Waals surface area contributed by atoms with E-state index in [0.717, 1.165) is 13.0 Å². The minimum atomic E-state index is 0.0566. The lowest BCUT2D eigenvalue weighted by Crippen LogP contribution is -2.28. The number of aromatic nitrogens is 4. The van der Waals surface area contributed by atoms with E-state index in [1.54, 1.807) is 12.4 Å². The molecule has 0 saturated carbocycles. The second kappa shape index (κ2) is 4.57. The van der Waals surface area contributed by atoms with Crippen molar-refractivity contribution in [3.05, 3.63) is 53.7 Å². The van der Waals surface area contributed by atoms with Crippen LogP contribution in [0.3, 0.4) is 0 Å². The molecule has 3 heterocycles. The van der Waals surface area contributed by atoms with E-state index < -0.39 is 0 Å². The summed E-state index contributed by atoms with van der Waals surface area (Å²) in [7, 11) is 0. The molecule has 1 aliphatic rings. The third kappa shape index (κ3) is 1.90. The number of imidazole rings is 1. The van der Waals surface area contributed by atoms with Crippen molar-refractivity contribution in [2.24, 2.45) is 0 Å². The highest BCUT2D eigenvalue weighted by Gasteiger charge is 2.24. The van der Waals surface area contributed by atoms with Crippen molar-refractivity contribution in [1.29, 1.82) is 0 Å². The van der Waals surface area contributed by atoms with E-state index in [-0.39, 0.29) is 6.04 Å². The van der Waals surface area contributed by atoms with Crippen molar-refractivity contribution in [3.63, 3.8) is 0 Å². The smallest absolute Gasteiger partial charge is 0.244 e. The highest BCUT2D eigenvalue weighted by molar-refractivity contribution is 5.41. The van der Waals surface area contributed by atoms with E-state index in [4.69, 9.17) is 4.52 Å². The summed E-state index contributed by atoms with van der Waals surface area (Å²) in [6.45, 7) is 0.819. The van der Waals surface area contributed by atoms with Gasteiger partial charge in [0.15, 0.2) is 5.82 Å². The maximum absolute atomic E-state index is 5.36. The Morgan fingerprint density at radius 2 is 2.10 bits per heavy atom. The predicted molar refractivity (Wildman–Crippen MR) is 71.6 cm³/mol. The quantitative estimate of drug-likeness (QED) is 0.740. The molecular formula is C14H13N5O. The number of benzene rings is 1. The summed E-state index contributed by atoms with van der Waals surface area (Å²) in [6, 6.07) is 8.46. The Morgan fingerprint density at radius 3 is 2.95 bits per heavy atom. The van der Waals surface area contributed by atoms with Crippen molar-refractivity contribution in [2.75, 3.05) is 0 Å². The van der Waals surface area contributed by atoms with Gasteiger partial charge in [0, 0.05) is 18.9 Å². The van der Waals surface area contributed by atoms with Gasteiger partial charge in [-0.15, -0.1) is 0 Å². The number of rotatable bonds is 2. The van der Waals surface area contributed by atoms with Crippen LogP contribution in [-0.4, -0.2) is 20.1 Å². The molecule has 0 fully saturated rings. The standard InChI is InChI=1S/C14H13N5O/c1-2-4-10-8-17-11(7-9(10)3-1)14-18-13(19-20-14)12-15-5-6-16-12/h1-6,11,17H,7-8H2,(H,15,16)/t11-/m0/s1. The Kier molecular flexibility index (Phi) is 2.60. The molecule has 2 N–H and O–H groups in total. The summed E-state index contributed by atoms with van der Waals surface area (Å²) in [5.74, 6) is 1.72. The van der Waals surface area contributed by atoms with Gasteiger partial charge < -0.3 is 14.8 Å². The van der Waals surface area contributed by atoms with Crippen LogP contribution < -0.4 is 5.32 Å². The summed E-state index contributed by atoms with van der Waals surface area (Å²) in [5.41, 5.74) is 2.66. The van der Waals surface area contributed by atoms with Crippen LogP contribution in [0.1, 0.15) is 23.1 Å². The molecule has 0 amide bonds. The van der Waals surface area contributed by atoms with Gasteiger partial charge in [-0.1, -0.05) is 29.4 Å². The molecule has 20 heavy (non-hydrogen) atoms. The molecule has 0 unspecified atom stereocenters. The Bertz CT molecular complexity index is 719. The number of H-pyrrole nitrogens is 1. The van der Waals surface area contributed by atoms with Crippen LogP contribution in [-0.2, 0) is 13.0 Å². The first-order chi connectivity index (χ1) is 9.90. The summed E-state index contributed by atoms with van der Waals surface area (Å²) in [6.07, 6.45) is 4.26. The van der Waals surface area contributed by atoms with Crippen LogP contribution in [0.15, 0.2) is 41.2 Å². The fourth-order valence-electron chi connectivity index (χ4n) is 2.49. The average Bonchev–Trinajstić information content (AvgIpc) is 3.17. The number of fused-ring (bicyclic) bond motifs is 1. The van der Waals surface area contributed by atoms with E-state index in [1.807, 2.05) is 0 Å². The van der Waals surface area contributed by atoms with Gasteiger partial charge in [0.05, 0.1) is 6.04 Å². The van der Waals surface area contributed by atoms with E-state index >= 15 is 0 Å². The van der Waals surface area contributed by atoms with Crippen LogP contribution in [0.25, 0.3) is 11.6 Å². The van der Waals surface area contributed by atoms with E-state index in [9.17, 15) is 0 Å². The molecule has 0 aliphatic carbocycles. The highest BCUT2D eigenvalue weighted by atomic mass is 16.5. The number of nitrogens with one attached hydrogen (secondary N) is 2. The van der Waals surface area contributed by atoms with Gasteiger partial charge in [-0.3, -0.25) is 0 Å².